The second kappa shape index (κ2) is 8.69. The van der Waals surface area contributed by atoms with Gasteiger partial charge in [0.1, 0.15) is 23.7 Å². The molecule has 3 atom stereocenters. The van der Waals surface area contributed by atoms with Gasteiger partial charge in [0.15, 0.2) is 0 Å². The van der Waals surface area contributed by atoms with Gasteiger partial charge in [0, 0.05) is 24.7 Å². The average molecular weight is 418 g/mol. The number of carbonyl (C=O) groups is 4. The predicted molar refractivity (Wildman–Crippen MR) is 106 cm³/mol. The van der Waals surface area contributed by atoms with Gasteiger partial charge >= 0.3 is 11.9 Å². The highest BCUT2D eigenvalue weighted by atomic mass is 32.2. The van der Waals surface area contributed by atoms with E-state index in [1.165, 1.54) is 23.6 Å². The van der Waals surface area contributed by atoms with Gasteiger partial charge in [-0.1, -0.05) is 37.3 Å². The minimum Gasteiger partial charge on any atom is -0.477 e. The maximum Gasteiger partial charge on any atom is 0.352 e. The van der Waals surface area contributed by atoms with Crippen molar-refractivity contribution >= 4 is 35.5 Å². The van der Waals surface area contributed by atoms with Crippen LogP contribution in [0.5, 0.6) is 0 Å². The SMILES string of the molecule is CC(=O)OCC1=C(C(=O)O)N2C(=O)[C@@H](NC(=O)C[C@H](C)c3ccccc3)[C@H]2SC1. The number of aliphatic carboxylic acids is 1. The summed E-state index contributed by atoms with van der Waals surface area (Å²) in [6.07, 6.45) is 0.227. The van der Waals surface area contributed by atoms with Crippen molar-refractivity contribution in [3.05, 3.63) is 47.2 Å². The molecular weight excluding hydrogens is 396 g/mol. The summed E-state index contributed by atoms with van der Waals surface area (Å²) in [5.74, 6) is -2.22. The van der Waals surface area contributed by atoms with Crippen LogP contribution in [0, 0.1) is 0 Å². The van der Waals surface area contributed by atoms with E-state index in [1.807, 2.05) is 37.3 Å². The van der Waals surface area contributed by atoms with E-state index in [0.29, 0.717) is 11.3 Å². The molecule has 0 aromatic heterocycles. The van der Waals surface area contributed by atoms with Crippen molar-refractivity contribution in [3.8, 4) is 0 Å². The number of hydrogen-bond acceptors (Lipinski definition) is 6. The second-order valence-corrected chi connectivity index (χ2v) is 8.11. The van der Waals surface area contributed by atoms with E-state index in [9.17, 15) is 24.3 Å². The molecule has 0 saturated carbocycles. The molecule has 3 rings (SSSR count). The summed E-state index contributed by atoms with van der Waals surface area (Å²) in [7, 11) is 0. The number of ether oxygens (including phenoxy) is 1. The lowest BCUT2D eigenvalue weighted by atomic mass is 9.96. The van der Waals surface area contributed by atoms with Crippen molar-refractivity contribution in [1.29, 1.82) is 0 Å². The lowest BCUT2D eigenvalue weighted by Gasteiger charge is -2.49. The monoisotopic (exact) mass is 418 g/mol. The Hall–Kier alpha value is -2.81. The van der Waals surface area contributed by atoms with E-state index in [0.717, 1.165) is 5.56 Å². The maximum absolute atomic E-state index is 12.6. The largest absolute Gasteiger partial charge is 0.477 e. The Morgan fingerprint density at radius 2 is 2.00 bits per heavy atom. The second-order valence-electron chi connectivity index (χ2n) is 7.01. The lowest BCUT2D eigenvalue weighted by Crippen LogP contribution is -2.70. The van der Waals surface area contributed by atoms with Crippen molar-refractivity contribution in [2.45, 2.75) is 37.6 Å². The van der Waals surface area contributed by atoms with E-state index in [-0.39, 0.29) is 30.5 Å². The van der Waals surface area contributed by atoms with Gasteiger partial charge < -0.3 is 15.2 Å². The van der Waals surface area contributed by atoms with Crippen LogP contribution in [0.3, 0.4) is 0 Å². The summed E-state index contributed by atoms with van der Waals surface area (Å²) in [6.45, 7) is 2.99. The molecule has 2 aliphatic rings. The molecular formula is C20H22N2O6S. The van der Waals surface area contributed by atoms with Gasteiger partial charge in [0.05, 0.1) is 0 Å². The number of esters is 1. The van der Waals surface area contributed by atoms with E-state index in [1.54, 1.807) is 0 Å². The predicted octanol–water partition coefficient (Wildman–Crippen LogP) is 1.48. The minimum atomic E-state index is -1.26. The van der Waals surface area contributed by atoms with Crippen molar-refractivity contribution in [2.75, 3.05) is 12.4 Å². The molecule has 0 bridgehead atoms. The molecule has 2 amide bonds. The highest BCUT2D eigenvalue weighted by molar-refractivity contribution is 8.00. The zero-order valence-corrected chi connectivity index (χ0v) is 16.9. The first-order chi connectivity index (χ1) is 13.8. The molecule has 2 heterocycles. The van der Waals surface area contributed by atoms with Gasteiger partial charge in [-0.3, -0.25) is 19.3 Å². The van der Waals surface area contributed by atoms with Crippen LogP contribution in [0.15, 0.2) is 41.6 Å². The number of carbonyl (C=O) groups excluding carboxylic acids is 3. The summed E-state index contributed by atoms with van der Waals surface area (Å²) >= 11 is 1.34. The summed E-state index contributed by atoms with van der Waals surface area (Å²) in [5.41, 5.74) is 1.23. The Balaban J connectivity index is 1.65. The first-order valence-corrected chi connectivity index (χ1v) is 10.2. The molecule has 8 nitrogen and oxygen atoms in total. The van der Waals surface area contributed by atoms with E-state index >= 15 is 0 Å². The minimum absolute atomic E-state index is 0.00806. The number of fused-ring (bicyclic) bond motifs is 1. The van der Waals surface area contributed by atoms with E-state index in [4.69, 9.17) is 4.74 Å². The van der Waals surface area contributed by atoms with Crippen LogP contribution in [0.4, 0.5) is 0 Å². The van der Waals surface area contributed by atoms with Crippen molar-refractivity contribution in [2.24, 2.45) is 0 Å². The fraction of sp³-hybridized carbons (Fsp3) is 0.400. The molecule has 154 valence electrons. The molecule has 2 N–H and O–H groups in total. The van der Waals surface area contributed by atoms with Gasteiger partial charge in [0.25, 0.3) is 5.91 Å². The van der Waals surface area contributed by atoms with Crippen molar-refractivity contribution < 1.29 is 29.0 Å². The van der Waals surface area contributed by atoms with Crippen molar-refractivity contribution in [3.63, 3.8) is 0 Å². The number of nitrogens with zero attached hydrogens (tertiary/aromatic N) is 1. The van der Waals surface area contributed by atoms with Gasteiger partial charge in [-0.15, -0.1) is 11.8 Å². The topological polar surface area (TPSA) is 113 Å². The third kappa shape index (κ3) is 4.45. The molecule has 1 aromatic rings. The first kappa shape index (κ1) is 20.9. The number of hydrogen-bond donors (Lipinski definition) is 2. The number of β-lactam (4-membered cyclic amide) rings is 1. The Kier molecular flexibility index (Phi) is 6.26. The number of rotatable bonds is 7. The Morgan fingerprint density at radius 3 is 2.62 bits per heavy atom. The van der Waals surface area contributed by atoms with Gasteiger partial charge in [-0.2, -0.15) is 0 Å². The van der Waals surface area contributed by atoms with E-state index < -0.39 is 29.3 Å². The van der Waals surface area contributed by atoms with Gasteiger partial charge in [-0.05, 0) is 11.5 Å². The Morgan fingerprint density at radius 1 is 1.31 bits per heavy atom. The zero-order valence-electron chi connectivity index (χ0n) is 16.1. The molecule has 1 fully saturated rings. The average Bonchev–Trinajstić information content (AvgIpc) is 2.70. The van der Waals surface area contributed by atoms with E-state index in [2.05, 4.69) is 5.32 Å². The molecule has 0 aliphatic carbocycles. The van der Waals surface area contributed by atoms with Gasteiger partial charge in [-0.25, -0.2) is 4.79 Å². The molecule has 29 heavy (non-hydrogen) atoms. The number of thioether (sulfide) groups is 1. The first-order valence-electron chi connectivity index (χ1n) is 9.17. The van der Waals surface area contributed by atoms with Crippen LogP contribution in [-0.4, -0.2) is 57.5 Å². The molecule has 1 aromatic carbocycles. The van der Waals surface area contributed by atoms with Crippen LogP contribution in [0.25, 0.3) is 0 Å². The van der Waals surface area contributed by atoms with Crippen molar-refractivity contribution in [1.82, 2.24) is 10.2 Å². The normalized spacial score (nSPS) is 21.7. The molecule has 0 radical (unpaired) electrons. The summed E-state index contributed by atoms with van der Waals surface area (Å²) in [6, 6.07) is 8.84. The van der Waals surface area contributed by atoms with Crippen LogP contribution in [-0.2, 0) is 23.9 Å². The number of amides is 2. The maximum atomic E-state index is 12.6. The zero-order chi connectivity index (χ0) is 21.1. The van der Waals surface area contributed by atoms with Crippen LogP contribution in [0.1, 0.15) is 31.7 Å². The lowest BCUT2D eigenvalue weighted by molar-refractivity contribution is -0.151. The number of carboxylic acid groups (broad SMARTS) is 1. The fourth-order valence-corrected chi connectivity index (χ4v) is 4.72. The quantitative estimate of drug-likeness (QED) is 0.509. The van der Waals surface area contributed by atoms with Crippen LogP contribution in [0.2, 0.25) is 0 Å². The highest BCUT2D eigenvalue weighted by Crippen LogP contribution is 2.40. The molecule has 0 spiro atoms. The Labute approximate surface area is 172 Å². The van der Waals surface area contributed by atoms with Crippen LogP contribution >= 0.6 is 11.8 Å². The Bertz CT molecular complexity index is 869. The number of nitrogens with one attached hydrogen (secondary N) is 1. The highest BCUT2D eigenvalue weighted by Gasteiger charge is 2.54. The molecule has 1 saturated heterocycles. The van der Waals surface area contributed by atoms with Gasteiger partial charge in [0.2, 0.25) is 5.91 Å². The summed E-state index contributed by atoms with van der Waals surface area (Å²) in [5, 5.41) is 11.8. The number of benzene rings is 1. The number of carboxylic acids is 1. The smallest absolute Gasteiger partial charge is 0.352 e. The fourth-order valence-electron chi connectivity index (χ4n) is 3.39. The summed E-state index contributed by atoms with van der Waals surface area (Å²) < 4.78 is 4.90. The molecule has 0 unspecified atom stereocenters. The molecule has 2 aliphatic heterocycles. The molecule has 9 heteroatoms. The van der Waals surface area contributed by atoms with Crippen LogP contribution < -0.4 is 5.32 Å². The summed E-state index contributed by atoms with van der Waals surface area (Å²) in [4.78, 5) is 48.9. The third-order valence-corrected chi connectivity index (χ3v) is 6.22. The standard InChI is InChI=1S/C20H22N2O6S/c1-11(13-6-4-3-5-7-13)8-15(24)21-16-18(25)22-17(20(26)27)14(9-28-12(2)23)10-29-19(16)22/h3-7,11,16,19H,8-10H2,1-2H3,(H,21,24)(H,26,27)/t11-,16+,19+/m0/s1. The third-order valence-electron chi connectivity index (χ3n) is 4.88.